The number of ether oxygens (including phenoxy) is 2. The summed E-state index contributed by atoms with van der Waals surface area (Å²) >= 11 is 0. The fraction of sp³-hybridized carbons (Fsp3) is 0.121. The second-order valence-corrected chi connectivity index (χ2v) is 10.3. The number of rotatable bonds is 3. The van der Waals surface area contributed by atoms with E-state index in [0.717, 1.165) is 16.3 Å². The number of amides is 1. The van der Waals surface area contributed by atoms with E-state index in [-0.39, 0.29) is 22.4 Å². The van der Waals surface area contributed by atoms with Gasteiger partial charge in [0, 0.05) is 42.6 Å². The second kappa shape index (κ2) is 9.39. The van der Waals surface area contributed by atoms with Gasteiger partial charge in [0.05, 0.1) is 24.3 Å². The number of aromatic nitrogens is 3. The molecule has 9 heteroatoms. The monoisotopic (exact) mass is 558 g/mol. The third kappa shape index (κ3) is 3.60. The van der Waals surface area contributed by atoms with E-state index in [1.165, 1.54) is 6.07 Å². The summed E-state index contributed by atoms with van der Waals surface area (Å²) < 4.78 is 31.6. The van der Waals surface area contributed by atoms with Crippen molar-refractivity contribution in [3.05, 3.63) is 113 Å². The molecular formula is C33H23FN4O4. The van der Waals surface area contributed by atoms with Crippen LogP contribution in [-0.4, -0.2) is 51.2 Å². The van der Waals surface area contributed by atoms with Gasteiger partial charge in [-0.15, -0.1) is 0 Å². The van der Waals surface area contributed by atoms with Crippen molar-refractivity contribution < 1.29 is 18.7 Å². The first kappa shape index (κ1) is 24.5. The maximum Gasteiger partial charge on any atom is 0.259 e. The van der Waals surface area contributed by atoms with Gasteiger partial charge in [0.25, 0.3) is 5.91 Å². The van der Waals surface area contributed by atoms with E-state index in [0.29, 0.717) is 49.1 Å². The molecule has 0 unspecified atom stereocenters. The number of imidazole rings is 1. The van der Waals surface area contributed by atoms with Crippen molar-refractivity contribution in [3.8, 4) is 34.3 Å². The van der Waals surface area contributed by atoms with E-state index in [9.17, 15) is 9.59 Å². The third-order valence-corrected chi connectivity index (χ3v) is 7.93. The van der Waals surface area contributed by atoms with Crippen molar-refractivity contribution in [1.29, 1.82) is 0 Å². The zero-order valence-corrected chi connectivity index (χ0v) is 22.3. The highest BCUT2D eigenvalue weighted by Gasteiger charge is 2.32. The van der Waals surface area contributed by atoms with Gasteiger partial charge in [0.15, 0.2) is 17.3 Å². The topological polar surface area (TPSA) is 78.6 Å². The Morgan fingerprint density at radius 3 is 2.50 bits per heavy atom. The summed E-state index contributed by atoms with van der Waals surface area (Å²) in [6.45, 7) is 1.54. The van der Waals surface area contributed by atoms with Crippen LogP contribution in [0.1, 0.15) is 10.4 Å². The molecule has 2 aliphatic heterocycles. The normalized spacial score (nSPS) is 14.2. The highest BCUT2D eigenvalue weighted by atomic mass is 19.1. The number of morpholine rings is 1. The number of carbonyl (C=O) groups is 1. The molecule has 0 aliphatic carbocycles. The van der Waals surface area contributed by atoms with Crippen LogP contribution in [0.25, 0.3) is 44.4 Å². The van der Waals surface area contributed by atoms with Crippen molar-refractivity contribution in [3.63, 3.8) is 0 Å². The Labute approximate surface area is 238 Å². The molecule has 0 spiro atoms. The van der Waals surface area contributed by atoms with Crippen molar-refractivity contribution in [1.82, 2.24) is 19.0 Å². The molecule has 2 aromatic heterocycles. The van der Waals surface area contributed by atoms with Crippen molar-refractivity contribution >= 4 is 27.6 Å². The van der Waals surface area contributed by atoms with E-state index in [4.69, 9.17) is 9.47 Å². The summed E-state index contributed by atoms with van der Waals surface area (Å²) in [6, 6.07) is 22.2. The number of carbonyl (C=O) groups excluding carboxylic acids is 1. The van der Waals surface area contributed by atoms with Crippen LogP contribution in [-0.2, 0) is 4.74 Å². The molecule has 8 rings (SSSR count). The van der Waals surface area contributed by atoms with Crippen molar-refractivity contribution in [2.24, 2.45) is 0 Å². The Morgan fingerprint density at radius 1 is 0.881 bits per heavy atom. The molecule has 0 saturated carbocycles. The molecule has 6 aromatic rings. The quantitative estimate of drug-likeness (QED) is 0.278. The molecule has 0 radical (unpaired) electrons. The maximum absolute atomic E-state index is 16.3. The number of fused-ring (bicyclic) bond motifs is 4. The minimum absolute atomic E-state index is 0.0316. The van der Waals surface area contributed by atoms with Gasteiger partial charge in [-0.05, 0) is 17.5 Å². The first-order valence-electron chi connectivity index (χ1n) is 13.7. The summed E-state index contributed by atoms with van der Waals surface area (Å²) in [5.41, 5.74) is 1.39. The first-order valence-corrected chi connectivity index (χ1v) is 13.7. The Kier molecular flexibility index (Phi) is 5.48. The van der Waals surface area contributed by atoms with Crippen LogP contribution < -0.4 is 10.2 Å². The maximum atomic E-state index is 16.3. The minimum Gasteiger partial charge on any atom is -0.451 e. The predicted octanol–water partition coefficient (Wildman–Crippen LogP) is 5.71. The zero-order valence-electron chi connectivity index (χ0n) is 22.3. The molecule has 8 nitrogen and oxygen atoms in total. The lowest BCUT2D eigenvalue weighted by Crippen LogP contribution is -2.42. The van der Waals surface area contributed by atoms with Crippen LogP contribution in [0.2, 0.25) is 0 Å². The average molecular weight is 559 g/mol. The molecule has 0 bridgehead atoms. The molecule has 1 saturated heterocycles. The fourth-order valence-corrected chi connectivity index (χ4v) is 5.96. The highest BCUT2D eigenvalue weighted by molar-refractivity contribution is 6.03. The van der Waals surface area contributed by atoms with Crippen LogP contribution >= 0.6 is 0 Å². The molecule has 4 aromatic carbocycles. The molecule has 2 aliphatic rings. The molecule has 0 atom stereocenters. The number of halogens is 1. The van der Waals surface area contributed by atoms with Crippen LogP contribution in [0.3, 0.4) is 0 Å². The average Bonchev–Trinajstić information content (AvgIpc) is 3.52. The second-order valence-electron chi connectivity index (χ2n) is 10.3. The lowest BCUT2D eigenvalue weighted by atomic mass is 10.0. The van der Waals surface area contributed by atoms with Gasteiger partial charge in [-0.25, -0.2) is 9.37 Å². The van der Waals surface area contributed by atoms with Gasteiger partial charge in [-0.3, -0.25) is 14.2 Å². The van der Waals surface area contributed by atoms with E-state index in [2.05, 4.69) is 4.98 Å². The highest BCUT2D eigenvalue weighted by Crippen LogP contribution is 2.47. The van der Waals surface area contributed by atoms with Gasteiger partial charge < -0.3 is 18.9 Å². The summed E-state index contributed by atoms with van der Waals surface area (Å²) in [5, 5.41) is 1.89. The third-order valence-electron chi connectivity index (χ3n) is 7.93. The van der Waals surface area contributed by atoms with Gasteiger partial charge in [0.1, 0.15) is 22.6 Å². The fourth-order valence-electron chi connectivity index (χ4n) is 5.96. The van der Waals surface area contributed by atoms with Gasteiger partial charge in [-0.2, -0.15) is 0 Å². The van der Waals surface area contributed by atoms with Crippen LogP contribution in [0, 0.1) is 5.82 Å². The molecule has 4 heterocycles. The zero-order chi connectivity index (χ0) is 28.4. The lowest BCUT2D eigenvalue weighted by molar-refractivity contribution is 0.0302. The molecule has 1 amide bonds. The summed E-state index contributed by atoms with van der Waals surface area (Å²) in [5.74, 6) is 0.0892. The Morgan fingerprint density at radius 2 is 1.67 bits per heavy atom. The number of hydrogen-bond acceptors (Lipinski definition) is 5. The van der Waals surface area contributed by atoms with E-state index >= 15 is 4.39 Å². The van der Waals surface area contributed by atoms with Crippen LogP contribution in [0.15, 0.2) is 96.2 Å². The SMILES string of the molecule is O=C(c1cn2c3c(c(-n4ccnc4-c4ccccc4)c(F)cc3c1=O)Oc1ccc3ccccc3c1-2)N1CCOCC1. The van der Waals surface area contributed by atoms with Gasteiger partial charge in [0.2, 0.25) is 5.43 Å². The molecule has 206 valence electrons. The van der Waals surface area contributed by atoms with E-state index in [1.54, 1.807) is 28.1 Å². The molecular weight excluding hydrogens is 535 g/mol. The number of pyridine rings is 1. The van der Waals surface area contributed by atoms with Gasteiger partial charge in [-0.1, -0.05) is 60.7 Å². The summed E-state index contributed by atoms with van der Waals surface area (Å²) in [4.78, 5) is 33.7. The Hall–Kier alpha value is -5.28. The van der Waals surface area contributed by atoms with Gasteiger partial charge >= 0.3 is 0 Å². The largest absolute Gasteiger partial charge is 0.451 e. The van der Waals surface area contributed by atoms with E-state index < -0.39 is 17.2 Å². The standard InChI is InChI=1S/C33H23FN4O4/c34-25-18-23-28-31(29(25)37-13-12-35-32(37)21-7-2-1-3-8-21)42-26-11-10-20-6-4-5-9-22(20)27(26)38(28)19-24(30(23)39)33(40)36-14-16-41-17-15-36/h1-13,18-19H,14-17H2. The lowest BCUT2D eigenvalue weighted by Gasteiger charge is -2.29. The number of benzene rings is 4. The van der Waals surface area contributed by atoms with Crippen molar-refractivity contribution in [2.45, 2.75) is 0 Å². The number of nitrogens with zero attached hydrogens (tertiary/aromatic N) is 4. The van der Waals surface area contributed by atoms with E-state index in [1.807, 2.05) is 71.3 Å². The van der Waals surface area contributed by atoms with Crippen LogP contribution in [0.4, 0.5) is 4.39 Å². The predicted molar refractivity (Wildman–Crippen MR) is 156 cm³/mol. The molecule has 0 N–H and O–H groups in total. The first-order chi connectivity index (χ1) is 20.6. The smallest absolute Gasteiger partial charge is 0.259 e. The Balaban J connectivity index is 1.46. The summed E-state index contributed by atoms with van der Waals surface area (Å²) in [7, 11) is 0. The van der Waals surface area contributed by atoms with Crippen LogP contribution in [0.5, 0.6) is 11.5 Å². The van der Waals surface area contributed by atoms with Crippen molar-refractivity contribution in [2.75, 3.05) is 26.3 Å². The Bertz CT molecular complexity index is 2110. The molecule has 1 fully saturated rings. The number of hydrogen-bond donors (Lipinski definition) is 0. The summed E-state index contributed by atoms with van der Waals surface area (Å²) in [6.07, 6.45) is 4.84. The molecule has 42 heavy (non-hydrogen) atoms. The minimum atomic E-state index is -0.670.